The molecule has 0 nitrogen and oxygen atoms in total. The zero-order valence-corrected chi connectivity index (χ0v) is 12.1. The number of halogens is 3. The second-order valence-corrected chi connectivity index (χ2v) is 5.64. The van der Waals surface area contributed by atoms with Gasteiger partial charge in [0.25, 0.3) is 0 Å². The predicted molar refractivity (Wildman–Crippen MR) is 79.3 cm³/mol. The lowest BCUT2D eigenvalue weighted by Crippen LogP contribution is -2.08. The summed E-state index contributed by atoms with van der Waals surface area (Å²) in [6.07, 6.45) is 0.589. The van der Waals surface area contributed by atoms with E-state index in [0.717, 1.165) is 5.56 Å². The van der Waals surface area contributed by atoms with Crippen molar-refractivity contribution in [2.75, 3.05) is 0 Å². The number of hydrogen-bond donors (Lipinski definition) is 0. The first-order valence-electron chi connectivity index (χ1n) is 6.21. The molecule has 2 atom stereocenters. The van der Waals surface area contributed by atoms with Crippen LogP contribution in [0.3, 0.4) is 0 Å². The van der Waals surface area contributed by atoms with E-state index in [9.17, 15) is 4.39 Å². The molecule has 100 valence electrons. The fraction of sp³-hybridized carbons (Fsp3) is 0.250. The van der Waals surface area contributed by atoms with E-state index >= 15 is 0 Å². The number of alkyl halides is 1. The van der Waals surface area contributed by atoms with E-state index < -0.39 is 0 Å². The summed E-state index contributed by atoms with van der Waals surface area (Å²) in [6, 6.07) is 14.6. The summed E-state index contributed by atoms with van der Waals surface area (Å²) >= 11 is 12.2. The topological polar surface area (TPSA) is 0 Å². The van der Waals surface area contributed by atoms with Crippen molar-refractivity contribution in [3.05, 3.63) is 70.5 Å². The summed E-state index contributed by atoms with van der Waals surface area (Å²) in [5, 5.41) is 0.288. The van der Waals surface area contributed by atoms with Crippen LogP contribution in [0.1, 0.15) is 23.4 Å². The van der Waals surface area contributed by atoms with Gasteiger partial charge in [-0.3, -0.25) is 0 Å². The van der Waals surface area contributed by atoms with E-state index in [1.807, 2.05) is 37.3 Å². The van der Waals surface area contributed by atoms with E-state index in [1.54, 1.807) is 12.1 Å². The van der Waals surface area contributed by atoms with Gasteiger partial charge in [0, 0.05) is 5.02 Å². The molecule has 0 heterocycles. The third kappa shape index (κ3) is 3.71. The minimum Gasteiger partial charge on any atom is -0.207 e. The van der Waals surface area contributed by atoms with Gasteiger partial charge in [-0.2, -0.15) is 0 Å². The molecule has 0 aromatic heterocycles. The Bertz CT molecular complexity index is 540. The van der Waals surface area contributed by atoms with Gasteiger partial charge in [-0.25, -0.2) is 4.39 Å². The van der Waals surface area contributed by atoms with Crippen molar-refractivity contribution < 1.29 is 4.39 Å². The molecule has 2 aromatic rings. The average Bonchev–Trinajstić information content (AvgIpc) is 2.42. The van der Waals surface area contributed by atoms with Crippen molar-refractivity contribution in [1.29, 1.82) is 0 Å². The number of benzene rings is 2. The lowest BCUT2D eigenvalue weighted by atomic mass is 9.93. The van der Waals surface area contributed by atoms with Crippen LogP contribution < -0.4 is 0 Å². The van der Waals surface area contributed by atoms with Crippen molar-refractivity contribution in [2.24, 2.45) is 5.92 Å². The van der Waals surface area contributed by atoms with Gasteiger partial charge in [-0.15, -0.1) is 11.6 Å². The molecule has 3 heteroatoms. The number of rotatable bonds is 4. The lowest BCUT2D eigenvalue weighted by Gasteiger charge is -2.18. The Morgan fingerprint density at radius 2 is 1.79 bits per heavy atom. The molecule has 2 aromatic carbocycles. The zero-order chi connectivity index (χ0) is 13.8. The average molecular weight is 297 g/mol. The molecule has 0 amide bonds. The van der Waals surface area contributed by atoms with E-state index in [1.165, 1.54) is 6.07 Å². The van der Waals surface area contributed by atoms with Crippen molar-refractivity contribution >= 4 is 23.2 Å². The molecule has 0 radical (unpaired) electrons. The van der Waals surface area contributed by atoms with Crippen LogP contribution in [-0.2, 0) is 6.42 Å². The minimum atomic E-state index is -0.267. The van der Waals surface area contributed by atoms with Crippen LogP contribution in [-0.4, -0.2) is 0 Å². The molecule has 2 unspecified atom stereocenters. The Balaban J connectivity index is 2.10. The quantitative estimate of drug-likeness (QED) is 0.641. The molecule has 0 saturated heterocycles. The molecule has 0 aliphatic rings. The van der Waals surface area contributed by atoms with E-state index in [0.29, 0.717) is 17.0 Å². The Morgan fingerprint density at radius 3 is 2.42 bits per heavy atom. The molecule has 0 spiro atoms. The molecule has 0 bridgehead atoms. The van der Waals surface area contributed by atoms with Gasteiger partial charge in [-0.05, 0) is 35.6 Å². The van der Waals surface area contributed by atoms with Crippen LogP contribution in [0.5, 0.6) is 0 Å². The van der Waals surface area contributed by atoms with Gasteiger partial charge >= 0.3 is 0 Å². The highest BCUT2D eigenvalue weighted by Gasteiger charge is 2.18. The summed E-state index contributed by atoms with van der Waals surface area (Å²) in [6.45, 7) is 2.03. The second-order valence-electron chi connectivity index (χ2n) is 4.73. The van der Waals surface area contributed by atoms with Crippen molar-refractivity contribution in [3.63, 3.8) is 0 Å². The maximum atomic E-state index is 13.7. The Labute approximate surface area is 123 Å². The maximum absolute atomic E-state index is 13.7. The van der Waals surface area contributed by atoms with Gasteiger partial charge in [0.1, 0.15) is 5.82 Å². The van der Waals surface area contributed by atoms with E-state index in [-0.39, 0.29) is 17.1 Å². The van der Waals surface area contributed by atoms with Crippen molar-refractivity contribution in [2.45, 2.75) is 18.7 Å². The van der Waals surface area contributed by atoms with Crippen LogP contribution in [0.25, 0.3) is 0 Å². The largest absolute Gasteiger partial charge is 0.207 e. The summed E-state index contributed by atoms with van der Waals surface area (Å²) in [7, 11) is 0. The normalized spacial score (nSPS) is 14.1. The maximum Gasteiger partial charge on any atom is 0.127 e. The van der Waals surface area contributed by atoms with E-state index in [2.05, 4.69) is 0 Å². The minimum absolute atomic E-state index is 0.128. The molecule has 0 aliphatic carbocycles. The first kappa shape index (κ1) is 14.4. The summed E-state index contributed by atoms with van der Waals surface area (Å²) in [5.74, 6) is -0.129. The fourth-order valence-corrected chi connectivity index (χ4v) is 2.50. The van der Waals surface area contributed by atoms with Crippen LogP contribution in [0.4, 0.5) is 4.39 Å². The molecule has 2 rings (SSSR count). The molecule has 19 heavy (non-hydrogen) atoms. The standard InChI is InChI=1S/C16H15Cl2F/c1-11(16(18)12-5-3-2-4-6-12)9-13-7-8-14(17)10-15(13)19/h2-8,10-11,16H,9H2,1H3. The summed E-state index contributed by atoms with van der Waals surface area (Å²) in [4.78, 5) is 0. The third-order valence-corrected chi connectivity index (χ3v) is 4.09. The van der Waals surface area contributed by atoms with Crippen LogP contribution in [0.2, 0.25) is 5.02 Å². The molecule has 0 fully saturated rings. The van der Waals surface area contributed by atoms with Crippen LogP contribution >= 0.6 is 23.2 Å². The number of hydrogen-bond acceptors (Lipinski definition) is 0. The van der Waals surface area contributed by atoms with Gasteiger partial charge < -0.3 is 0 Å². The molecule has 0 aliphatic heterocycles. The zero-order valence-electron chi connectivity index (χ0n) is 10.6. The summed E-state index contributed by atoms with van der Waals surface area (Å²) in [5.41, 5.74) is 1.71. The summed E-state index contributed by atoms with van der Waals surface area (Å²) < 4.78 is 13.7. The molecular formula is C16H15Cl2F. The molecular weight excluding hydrogens is 282 g/mol. The highest BCUT2D eigenvalue weighted by molar-refractivity contribution is 6.30. The van der Waals surface area contributed by atoms with Gasteiger partial charge in [-0.1, -0.05) is 54.9 Å². The lowest BCUT2D eigenvalue weighted by molar-refractivity contribution is 0.530. The van der Waals surface area contributed by atoms with Crippen LogP contribution in [0.15, 0.2) is 48.5 Å². The Morgan fingerprint density at radius 1 is 1.11 bits per heavy atom. The highest BCUT2D eigenvalue weighted by atomic mass is 35.5. The molecule has 0 saturated carbocycles. The third-order valence-electron chi connectivity index (χ3n) is 3.17. The SMILES string of the molecule is CC(Cc1ccc(Cl)cc1F)C(Cl)c1ccccc1. The first-order valence-corrected chi connectivity index (χ1v) is 7.02. The van der Waals surface area contributed by atoms with E-state index in [4.69, 9.17) is 23.2 Å². The fourth-order valence-electron chi connectivity index (χ4n) is 2.10. The van der Waals surface area contributed by atoms with Crippen molar-refractivity contribution in [1.82, 2.24) is 0 Å². The van der Waals surface area contributed by atoms with Crippen molar-refractivity contribution in [3.8, 4) is 0 Å². The second kappa shape index (κ2) is 6.40. The highest BCUT2D eigenvalue weighted by Crippen LogP contribution is 2.31. The van der Waals surface area contributed by atoms with Gasteiger partial charge in [0.2, 0.25) is 0 Å². The van der Waals surface area contributed by atoms with Crippen LogP contribution in [0, 0.1) is 11.7 Å². The van der Waals surface area contributed by atoms with Gasteiger partial charge in [0.05, 0.1) is 5.38 Å². The monoisotopic (exact) mass is 296 g/mol. The predicted octanol–water partition coefficient (Wildman–Crippen LogP) is 5.64. The smallest absolute Gasteiger partial charge is 0.127 e. The Hall–Kier alpha value is -1.05. The molecule has 0 N–H and O–H groups in total. The van der Waals surface area contributed by atoms with Gasteiger partial charge in [0.15, 0.2) is 0 Å². The Kier molecular flexibility index (Phi) is 4.84. The first-order chi connectivity index (χ1) is 9.08.